The van der Waals surface area contributed by atoms with Gasteiger partial charge in [0, 0.05) is 7.05 Å². The molecule has 5 nitrogen and oxygen atoms in total. The lowest BCUT2D eigenvalue weighted by Crippen LogP contribution is -2.03. The Labute approximate surface area is 104 Å². The number of hydrogen-bond donors (Lipinski definition) is 1. The first-order valence-corrected chi connectivity index (χ1v) is 5.48. The molecule has 0 unspecified atom stereocenters. The summed E-state index contributed by atoms with van der Waals surface area (Å²) in [5.41, 5.74) is 0. The molecule has 0 spiro atoms. The number of nitrogens with one attached hydrogen (secondary N) is 1. The number of aromatic amines is 1. The Morgan fingerprint density at radius 1 is 1.29 bits per heavy atom. The summed E-state index contributed by atoms with van der Waals surface area (Å²) in [6.07, 6.45) is 0. The van der Waals surface area contributed by atoms with Gasteiger partial charge in [0.2, 0.25) is 0 Å². The van der Waals surface area contributed by atoms with Crippen LogP contribution in [0.15, 0.2) is 24.3 Å². The van der Waals surface area contributed by atoms with Gasteiger partial charge in [-0.2, -0.15) is 5.10 Å². The predicted molar refractivity (Wildman–Crippen MR) is 65.7 cm³/mol. The van der Waals surface area contributed by atoms with Crippen LogP contribution in [-0.2, 0) is 13.7 Å². The molecular formula is C11H13N3O2S. The lowest BCUT2D eigenvalue weighted by atomic mass is 10.3. The second-order valence-electron chi connectivity index (χ2n) is 3.47. The third-order valence-electron chi connectivity index (χ3n) is 2.40. The summed E-state index contributed by atoms with van der Waals surface area (Å²) >= 11 is 5.01. The number of benzene rings is 1. The Kier molecular flexibility index (Phi) is 3.43. The highest BCUT2D eigenvalue weighted by atomic mass is 32.1. The lowest BCUT2D eigenvalue weighted by molar-refractivity contribution is 0.290. The fourth-order valence-corrected chi connectivity index (χ4v) is 1.48. The zero-order valence-electron chi connectivity index (χ0n) is 9.64. The van der Waals surface area contributed by atoms with Crippen molar-refractivity contribution in [3.8, 4) is 11.5 Å². The molecule has 1 aromatic heterocycles. The first-order valence-electron chi connectivity index (χ1n) is 5.08. The lowest BCUT2D eigenvalue weighted by Gasteiger charge is -2.06. The Morgan fingerprint density at radius 3 is 2.47 bits per heavy atom. The van der Waals surface area contributed by atoms with Crippen molar-refractivity contribution in [2.75, 3.05) is 7.11 Å². The minimum absolute atomic E-state index is 0.371. The van der Waals surface area contributed by atoms with E-state index in [1.54, 1.807) is 11.7 Å². The topological polar surface area (TPSA) is 52.1 Å². The van der Waals surface area contributed by atoms with Crippen LogP contribution < -0.4 is 9.47 Å². The molecule has 2 rings (SSSR count). The number of methoxy groups -OCH3 is 1. The van der Waals surface area contributed by atoms with Crippen molar-refractivity contribution >= 4 is 12.2 Å². The van der Waals surface area contributed by atoms with Crippen LogP contribution in [0.5, 0.6) is 11.5 Å². The van der Waals surface area contributed by atoms with Gasteiger partial charge in [-0.25, -0.2) is 0 Å². The van der Waals surface area contributed by atoms with Crippen molar-refractivity contribution in [1.82, 2.24) is 14.8 Å². The van der Waals surface area contributed by atoms with E-state index in [-0.39, 0.29) is 0 Å². The average molecular weight is 251 g/mol. The second-order valence-corrected chi connectivity index (χ2v) is 3.85. The molecule has 90 valence electrons. The Hall–Kier alpha value is -1.82. The molecule has 0 amide bonds. The van der Waals surface area contributed by atoms with Gasteiger partial charge in [0.15, 0.2) is 10.6 Å². The fraction of sp³-hybridized carbons (Fsp3) is 0.273. The van der Waals surface area contributed by atoms with Crippen molar-refractivity contribution < 1.29 is 9.47 Å². The van der Waals surface area contributed by atoms with Gasteiger partial charge in [-0.15, -0.1) is 0 Å². The maximum Gasteiger partial charge on any atom is 0.194 e. The van der Waals surface area contributed by atoms with E-state index in [0.717, 1.165) is 17.3 Å². The largest absolute Gasteiger partial charge is 0.497 e. The van der Waals surface area contributed by atoms with Crippen molar-refractivity contribution in [2.24, 2.45) is 7.05 Å². The predicted octanol–water partition coefficient (Wildman–Crippen LogP) is 2.07. The molecule has 0 radical (unpaired) electrons. The molecule has 0 aliphatic rings. The van der Waals surface area contributed by atoms with Crippen LogP contribution >= 0.6 is 12.2 Å². The van der Waals surface area contributed by atoms with Crippen molar-refractivity contribution in [2.45, 2.75) is 6.61 Å². The van der Waals surface area contributed by atoms with Crippen LogP contribution in [0.25, 0.3) is 0 Å². The van der Waals surface area contributed by atoms with E-state index >= 15 is 0 Å². The molecule has 1 N–H and O–H groups in total. The van der Waals surface area contributed by atoms with Crippen LogP contribution in [0.1, 0.15) is 5.82 Å². The van der Waals surface area contributed by atoms with E-state index < -0.39 is 0 Å². The Bertz CT molecular complexity index is 545. The minimum Gasteiger partial charge on any atom is -0.497 e. The number of rotatable bonds is 4. The molecule has 6 heteroatoms. The second kappa shape index (κ2) is 5.01. The van der Waals surface area contributed by atoms with E-state index in [1.807, 2.05) is 31.3 Å². The Balaban J connectivity index is 2.02. The molecule has 1 aromatic carbocycles. The van der Waals surface area contributed by atoms with Crippen molar-refractivity contribution in [1.29, 1.82) is 0 Å². The van der Waals surface area contributed by atoms with E-state index in [0.29, 0.717) is 11.4 Å². The van der Waals surface area contributed by atoms with Gasteiger partial charge in [0.05, 0.1) is 7.11 Å². The number of nitrogens with zero attached hydrogens (tertiary/aromatic N) is 2. The van der Waals surface area contributed by atoms with Gasteiger partial charge >= 0.3 is 0 Å². The highest BCUT2D eigenvalue weighted by Crippen LogP contribution is 2.17. The van der Waals surface area contributed by atoms with Crippen LogP contribution in [0, 0.1) is 4.77 Å². The number of aromatic nitrogens is 3. The first kappa shape index (κ1) is 11.7. The average Bonchev–Trinajstić information content (AvgIpc) is 2.68. The summed E-state index contributed by atoms with van der Waals surface area (Å²) in [4.78, 5) is 0. The van der Waals surface area contributed by atoms with E-state index in [2.05, 4.69) is 10.2 Å². The molecule has 0 aliphatic heterocycles. The molecule has 0 saturated carbocycles. The van der Waals surface area contributed by atoms with Crippen LogP contribution in [0.4, 0.5) is 0 Å². The summed E-state index contributed by atoms with van der Waals surface area (Å²) < 4.78 is 13.0. The van der Waals surface area contributed by atoms with Gasteiger partial charge in [-0.3, -0.25) is 5.10 Å². The van der Waals surface area contributed by atoms with Crippen LogP contribution in [0.3, 0.4) is 0 Å². The zero-order valence-corrected chi connectivity index (χ0v) is 10.5. The quantitative estimate of drug-likeness (QED) is 0.845. The summed E-state index contributed by atoms with van der Waals surface area (Å²) in [5.74, 6) is 2.32. The fourth-order valence-electron chi connectivity index (χ4n) is 1.33. The maximum absolute atomic E-state index is 5.58. The van der Waals surface area contributed by atoms with Crippen molar-refractivity contribution in [3.05, 3.63) is 34.9 Å². The standard InChI is InChI=1S/C11H13N3O2S/c1-14-10(12-13-11(14)17)7-16-9-5-3-8(15-2)4-6-9/h3-6H,7H2,1-2H3,(H,13,17). The van der Waals surface area contributed by atoms with Crippen LogP contribution in [-0.4, -0.2) is 21.9 Å². The SMILES string of the molecule is COc1ccc(OCc2n[nH]c(=S)n2C)cc1. The molecule has 0 saturated heterocycles. The maximum atomic E-state index is 5.58. The normalized spacial score (nSPS) is 10.2. The molecule has 2 aromatic rings. The van der Waals surface area contributed by atoms with Gasteiger partial charge in [0.1, 0.15) is 18.1 Å². The monoisotopic (exact) mass is 251 g/mol. The first-order chi connectivity index (χ1) is 8.20. The van der Waals surface area contributed by atoms with Gasteiger partial charge < -0.3 is 14.0 Å². The summed E-state index contributed by atoms with van der Waals surface area (Å²) in [6, 6.07) is 7.39. The molecule has 17 heavy (non-hydrogen) atoms. The zero-order chi connectivity index (χ0) is 12.3. The minimum atomic E-state index is 0.371. The molecule has 0 bridgehead atoms. The van der Waals surface area contributed by atoms with Crippen LogP contribution in [0.2, 0.25) is 0 Å². The van der Waals surface area contributed by atoms with Gasteiger partial charge in [-0.05, 0) is 36.5 Å². The molecule has 0 fully saturated rings. The van der Waals surface area contributed by atoms with E-state index in [1.165, 1.54) is 0 Å². The number of H-pyrrole nitrogens is 1. The summed E-state index contributed by atoms with van der Waals surface area (Å²) in [6.45, 7) is 0.371. The van der Waals surface area contributed by atoms with Gasteiger partial charge in [-0.1, -0.05) is 0 Å². The third kappa shape index (κ3) is 2.65. The smallest absolute Gasteiger partial charge is 0.194 e. The Morgan fingerprint density at radius 2 is 1.94 bits per heavy atom. The summed E-state index contributed by atoms with van der Waals surface area (Å²) in [7, 11) is 3.48. The van der Waals surface area contributed by atoms with Gasteiger partial charge in [0.25, 0.3) is 0 Å². The highest BCUT2D eigenvalue weighted by Gasteiger charge is 2.03. The molecule has 0 aliphatic carbocycles. The van der Waals surface area contributed by atoms with E-state index in [9.17, 15) is 0 Å². The summed E-state index contributed by atoms with van der Waals surface area (Å²) in [5, 5.41) is 6.77. The van der Waals surface area contributed by atoms with Crippen molar-refractivity contribution in [3.63, 3.8) is 0 Å². The van der Waals surface area contributed by atoms with E-state index in [4.69, 9.17) is 21.7 Å². The highest BCUT2D eigenvalue weighted by molar-refractivity contribution is 7.71. The molecule has 1 heterocycles. The number of hydrogen-bond acceptors (Lipinski definition) is 4. The number of ether oxygens (including phenoxy) is 2. The molecular weight excluding hydrogens is 238 g/mol. The third-order valence-corrected chi connectivity index (χ3v) is 2.76. The molecule has 0 atom stereocenters.